The number of rotatable bonds is 4. The summed E-state index contributed by atoms with van der Waals surface area (Å²) < 4.78 is 6.43. The monoisotopic (exact) mass is 579 g/mol. The molecule has 1 N–H and O–H groups in total. The molecule has 3 heterocycles. The Morgan fingerprint density at radius 1 is 1.00 bits per heavy atom. The van der Waals surface area contributed by atoms with Gasteiger partial charge in [0.15, 0.2) is 0 Å². The fourth-order valence-electron chi connectivity index (χ4n) is 7.31. The zero-order valence-electron chi connectivity index (χ0n) is 24.4. The van der Waals surface area contributed by atoms with Gasteiger partial charge in [0.05, 0.1) is 28.4 Å². The number of hydrogen-bond acceptors (Lipinski definition) is 6. The Labute approximate surface area is 252 Å². The van der Waals surface area contributed by atoms with E-state index in [1.807, 2.05) is 29.2 Å². The van der Waals surface area contributed by atoms with E-state index in [2.05, 4.69) is 68.0 Å². The Hall–Kier alpha value is -4.04. The maximum atomic E-state index is 13.6. The van der Waals surface area contributed by atoms with Gasteiger partial charge in [-0.05, 0) is 54.5 Å². The molecule has 3 aromatic rings. The third-order valence-electron chi connectivity index (χ3n) is 8.86. The molecule has 1 aliphatic carbocycles. The molecule has 3 aliphatic rings. The lowest BCUT2D eigenvalue weighted by Crippen LogP contribution is -2.74. The first-order valence-corrected chi connectivity index (χ1v) is 14.7. The van der Waals surface area contributed by atoms with Crippen molar-refractivity contribution >= 4 is 23.2 Å². The SMILES string of the molecule is CC1(C)[C@H](Oc2ccc(C#N)c(Cl)c2)C(C)(C)[C@H]1N1Cc2nc(C#Cc3ccc(N4CCNCC4)cc3)ccc2C1=O. The molecular formula is C34H34ClN5O2. The van der Waals surface area contributed by atoms with Crippen LogP contribution in [0.5, 0.6) is 5.75 Å². The lowest BCUT2D eigenvalue weighted by atomic mass is 9.49. The molecule has 0 atom stereocenters. The summed E-state index contributed by atoms with van der Waals surface area (Å²) in [5, 5.41) is 12.9. The summed E-state index contributed by atoms with van der Waals surface area (Å²) in [5.41, 5.74) is 3.94. The average Bonchev–Trinajstić information content (AvgIpc) is 3.29. The van der Waals surface area contributed by atoms with Crippen molar-refractivity contribution in [3.05, 3.63) is 87.7 Å². The molecule has 42 heavy (non-hydrogen) atoms. The van der Waals surface area contributed by atoms with Crippen LogP contribution in [0.1, 0.15) is 60.6 Å². The Morgan fingerprint density at radius 3 is 2.38 bits per heavy atom. The molecule has 6 rings (SSSR count). The van der Waals surface area contributed by atoms with Crippen LogP contribution in [0.4, 0.5) is 5.69 Å². The second-order valence-electron chi connectivity index (χ2n) is 12.5. The van der Waals surface area contributed by atoms with Gasteiger partial charge in [0.25, 0.3) is 5.91 Å². The maximum absolute atomic E-state index is 13.6. The van der Waals surface area contributed by atoms with Crippen molar-refractivity contribution < 1.29 is 9.53 Å². The highest BCUT2D eigenvalue weighted by Gasteiger charge is 2.67. The molecule has 0 spiro atoms. The minimum atomic E-state index is -0.332. The van der Waals surface area contributed by atoms with Gasteiger partial charge >= 0.3 is 0 Å². The number of carbonyl (C=O) groups excluding carboxylic acids is 1. The van der Waals surface area contributed by atoms with Crippen molar-refractivity contribution in [2.24, 2.45) is 10.8 Å². The molecule has 1 aromatic heterocycles. The zero-order valence-corrected chi connectivity index (χ0v) is 25.1. The van der Waals surface area contributed by atoms with E-state index in [1.54, 1.807) is 18.2 Å². The number of nitrogens with zero attached hydrogens (tertiary/aromatic N) is 4. The molecule has 1 saturated carbocycles. The Bertz CT molecular complexity index is 1630. The molecule has 2 aliphatic heterocycles. The largest absolute Gasteiger partial charge is 0.489 e. The van der Waals surface area contributed by atoms with E-state index < -0.39 is 0 Å². The first kappa shape index (κ1) is 28.1. The van der Waals surface area contributed by atoms with E-state index in [1.165, 1.54) is 5.69 Å². The number of anilines is 1. The van der Waals surface area contributed by atoms with Gasteiger partial charge in [-0.3, -0.25) is 4.79 Å². The number of nitriles is 1. The summed E-state index contributed by atoms with van der Waals surface area (Å²) in [6, 6.07) is 19.2. The molecule has 2 aromatic carbocycles. The molecule has 1 amide bonds. The van der Waals surface area contributed by atoms with Gasteiger partial charge in [-0.15, -0.1) is 0 Å². The van der Waals surface area contributed by atoms with E-state index >= 15 is 0 Å². The molecule has 214 valence electrons. The number of nitrogens with one attached hydrogen (secondary N) is 1. The molecule has 0 unspecified atom stereocenters. The summed E-state index contributed by atoms with van der Waals surface area (Å²) in [6.07, 6.45) is -0.164. The average molecular weight is 580 g/mol. The van der Waals surface area contributed by atoms with Crippen molar-refractivity contribution in [3.63, 3.8) is 0 Å². The van der Waals surface area contributed by atoms with Gasteiger partial charge in [0, 0.05) is 60.4 Å². The van der Waals surface area contributed by atoms with Gasteiger partial charge in [0.2, 0.25) is 0 Å². The first-order chi connectivity index (χ1) is 20.1. The smallest absolute Gasteiger partial charge is 0.256 e. The number of benzene rings is 2. The predicted molar refractivity (Wildman–Crippen MR) is 164 cm³/mol. The van der Waals surface area contributed by atoms with E-state index in [9.17, 15) is 10.1 Å². The Morgan fingerprint density at radius 2 is 1.71 bits per heavy atom. The fourth-order valence-corrected chi connectivity index (χ4v) is 7.52. The normalized spacial score (nSPS) is 22.0. The lowest BCUT2D eigenvalue weighted by Gasteiger charge is -2.65. The summed E-state index contributed by atoms with van der Waals surface area (Å²) in [7, 11) is 0. The van der Waals surface area contributed by atoms with Gasteiger partial charge in [0.1, 0.15) is 23.6 Å². The number of fused-ring (bicyclic) bond motifs is 1. The van der Waals surface area contributed by atoms with Crippen LogP contribution in [0.15, 0.2) is 54.6 Å². The first-order valence-electron chi connectivity index (χ1n) is 14.3. The van der Waals surface area contributed by atoms with E-state index in [-0.39, 0.29) is 28.9 Å². The van der Waals surface area contributed by atoms with Crippen LogP contribution >= 0.6 is 11.6 Å². The number of piperazine rings is 1. The zero-order chi connectivity index (χ0) is 29.6. The van der Waals surface area contributed by atoms with Crippen LogP contribution in [-0.4, -0.2) is 54.1 Å². The number of pyridine rings is 1. The second kappa shape index (κ2) is 10.7. The molecule has 8 heteroatoms. The maximum Gasteiger partial charge on any atom is 0.256 e. The highest BCUT2D eigenvalue weighted by molar-refractivity contribution is 6.31. The van der Waals surface area contributed by atoms with Crippen LogP contribution in [-0.2, 0) is 6.54 Å². The molecule has 1 saturated heterocycles. The topological polar surface area (TPSA) is 81.5 Å². The third kappa shape index (κ3) is 4.87. The minimum absolute atomic E-state index is 0.00784. The summed E-state index contributed by atoms with van der Waals surface area (Å²) >= 11 is 6.25. The number of ether oxygens (including phenoxy) is 1. The predicted octanol–water partition coefficient (Wildman–Crippen LogP) is 5.25. The van der Waals surface area contributed by atoms with Gasteiger partial charge in [-0.25, -0.2) is 4.98 Å². The number of aromatic nitrogens is 1. The van der Waals surface area contributed by atoms with Crippen molar-refractivity contribution in [1.82, 2.24) is 15.2 Å². The van der Waals surface area contributed by atoms with Gasteiger partial charge in [-0.2, -0.15) is 5.26 Å². The van der Waals surface area contributed by atoms with E-state index in [0.29, 0.717) is 34.1 Å². The van der Waals surface area contributed by atoms with Crippen LogP contribution in [0, 0.1) is 34.0 Å². The van der Waals surface area contributed by atoms with Crippen molar-refractivity contribution in [2.75, 3.05) is 31.1 Å². The number of hydrogen-bond donors (Lipinski definition) is 1. The van der Waals surface area contributed by atoms with E-state index in [0.717, 1.165) is 37.4 Å². The van der Waals surface area contributed by atoms with Crippen LogP contribution in [0.2, 0.25) is 5.02 Å². The van der Waals surface area contributed by atoms with Crippen molar-refractivity contribution in [3.8, 4) is 23.7 Å². The summed E-state index contributed by atoms with van der Waals surface area (Å²) in [5.74, 6) is 7.03. The van der Waals surface area contributed by atoms with Crippen LogP contribution < -0.4 is 15.0 Å². The summed E-state index contributed by atoms with van der Waals surface area (Å²) in [6.45, 7) is 13.0. The van der Waals surface area contributed by atoms with E-state index in [4.69, 9.17) is 21.3 Å². The molecule has 7 nitrogen and oxygen atoms in total. The number of carbonyl (C=O) groups is 1. The fraction of sp³-hybridized carbons (Fsp3) is 0.382. The van der Waals surface area contributed by atoms with Crippen LogP contribution in [0.3, 0.4) is 0 Å². The second-order valence-corrected chi connectivity index (χ2v) is 12.9. The van der Waals surface area contributed by atoms with Crippen molar-refractivity contribution in [1.29, 1.82) is 5.26 Å². The molecule has 0 radical (unpaired) electrons. The Kier molecular flexibility index (Phi) is 7.13. The number of halogens is 1. The van der Waals surface area contributed by atoms with Crippen LogP contribution in [0.25, 0.3) is 0 Å². The van der Waals surface area contributed by atoms with Gasteiger partial charge < -0.3 is 19.9 Å². The standard InChI is InChI=1S/C34H34ClN5O2/c1-33(2)31(34(3,4)32(33)42-26-13-8-23(20-36)28(35)19-26)40-21-29-27(30(40)41)14-10-24(38-29)9-5-22-6-11-25(12-7-22)39-17-15-37-16-18-39/h6-8,10-14,19,31-32,37H,15-18,21H2,1-4H3/t31-,32-. The molecule has 0 bridgehead atoms. The van der Waals surface area contributed by atoms with Gasteiger partial charge in [-0.1, -0.05) is 45.2 Å². The lowest BCUT2D eigenvalue weighted by molar-refractivity contribution is -0.199. The minimum Gasteiger partial charge on any atom is -0.489 e. The Balaban J connectivity index is 1.16. The van der Waals surface area contributed by atoms with Crippen molar-refractivity contribution in [2.45, 2.75) is 46.4 Å². The number of amides is 1. The molecule has 2 fully saturated rings. The highest BCUT2D eigenvalue weighted by Crippen LogP contribution is 2.59. The quantitative estimate of drug-likeness (QED) is 0.425. The third-order valence-corrected chi connectivity index (χ3v) is 9.17. The highest BCUT2D eigenvalue weighted by atomic mass is 35.5. The molecular weight excluding hydrogens is 546 g/mol. The summed E-state index contributed by atoms with van der Waals surface area (Å²) in [4.78, 5) is 22.7.